The zero-order valence-corrected chi connectivity index (χ0v) is 17.2. The van der Waals surface area contributed by atoms with Crippen LogP contribution in [0.15, 0.2) is 103 Å². The average molecular weight is 423 g/mol. The van der Waals surface area contributed by atoms with Crippen LogP contribution in [0.3, 0.4) is 0 Å². The molecule has 0 aliphatic rings. The Hall–Kier alpha value is -4.38. The lowest BCUT2D eigenvalue weighted by molar-refractivity contribution is -0.113. The van der Waals surface area contributed by atoms with Crippen LogP contribution in [0, 0.1) is 0 Å². The quantitative estimate of drug-likeness (QED) is 0.377. The predicted octanol–water partition coefficient (Wildman–Crippen LogP) is 5.64. The molecule has 0 bridgehead atoms. The summed E-state index contributed by atoms with van der Waals surface area (Å²) in [5, 5.41) is 14.0. The van der Waals surface area contributed by atoms with Gasteiger partial charge in [0.2, 0.25) is 0 Å². The molecule has 4 aromatic rings. The molecule has 0 atom stereocenters. The fourth-order valence-corrected chi connectivity index (χ4v) is 3.31. The molecular weight excluding hydrogens is 402 g/mol. The van der Waals surface area contributed by atoms with E-state index in [0.29, 0.717) is 22.6 Å². The summed E-state index contributed by atoms with van der Waals surface area (Å²) in [6, 6.07) is 29.2. The number of aromatic carboxylic acids is 1. The maximum Gasteiger partial charge on any atom is 0.335 e. The first-order chi connectivity index (χ1) is 15.6. The van der Waals surface area contributed by atoms with Crippen molar-refractivity contribution in [1.82, 2.24) is 0 Å². The minimum Gasteiger partial charge on any atom is -0.488 e. The first kappa shape index (κ1) is 20.9. The van der Waals surface area contributed by atoms with E-state index in [1.165, 1.54) is 12.1 Å². The highest BCUT2D eigenvalue weighted by molar-refractivity contribution is 6.07. The van der Waals surface area contributed by atoms with Gasteiger partial charge in [-0.15, -0.1) is 0 Å². The van der Waals surface area contributed by atoms with Gasteiger partial charge in [0.15, 0.2) is 0 Å². The fraction of sp³-hybridized carbons (Fsp3) is 0.0370. The third kappa shape index (κ3) is 5.02. The molecule has 158 valence electrons. The third-order valence-electron chi connectivity index (χ3n) is 4.95. The van der Waals surface area contributed by atoms with E-state index in [-0.39, 0.29) is 18.1 Å². The Balaban J connectivity index is 1.61. The first-order valence-corrected chi connectivity index (χ1v) is 10.1. The van der Waals surface area contributed by atoms with Gasteiger partial charge in [0, 0.05) is 11.1 Å². The van der Waals surface area contributed by atoms with E-state index in [2.05, 4.69) is 5.32 Å². The summed E-state index contributed by atoms with van der Waals surface area (Å²) in [6.07, 6.45) is 1.70. The summed E-state index contributed by atoms with van der Waals surface area (Å²) in [6.45, 7) is 0.0490. The van der Waals surface area contributed by atoms with Crippen molar-refractivity contribution in [3.63, 3.8) is 0 Å². The molecule has 0 saturated carbocycles. The van der Waals surface area contributed by atoms with Crippen LogP contribution in [-0.2, 0) is 4.79 Å². The Labute approximate surface area is 185 Å². The van der Waals surface area contributed by atoms with Crippen molar-refractivity contribution in [3.05, 3.63) is 114 Å². The minimum atomic E-state index is -0.998. The zero-order valence-electron chi connectivity index (χ0n) is 17.2. The maximum absolute atomic E-state index is 13.0. The van der Waals surface area contributed by atoms with Crippen molar-refractivity contribution in [2.24, 2.45) is 0 Å². The normalized spacial score (nSPS) is 11.2. The van der Waals surface area contributed by atoms with Gasteiger partial charge < -0.3 is 15.2 Å². The second-order valence-electron chi connectivity index (χ2n) is 7.18. The highest BCUT2D eigenvalue weighted by atomic mass is 16.5. The number of anilines is 1. The van der Waals surface area contributed by atoms with Gasteiger partial charge in [0.05, 0.1) is 11.1 Å². The van der Waals surface area contributed by atoms with Gasteiger partial charge in [-0.1, -0.05) is 66.7 Å². The van der Waals surface area contributed by atoms with Gasteiger partial charge in [-0.3, -0.25) is 4.79 Å². The molecule has 4 aromatic carbocycles. The SMILES string of the molecule is O=C(Nc1ccccc1)C(=Cc1ccc(C(=O)O)cc1)COc1cccc2ccccc12. The molecule has 0 heterocycles. The number of amides is 1. The van der Waals surface area contributed by atoms with Gasteiger partial charge in [0.25, 0.3) is 5.91 Å². The minimum absolute atomic E-state index is 0.0490. The van der Waals surface area contributed by atoms with Crippen molar-refractivity contribution in [1.29, 1.82) is 0 Å². The van der Waals surface area contributed by atoms with E-state index in [4.69, 9.17) is 9.84 Å². The van der Waals surface area contributed by atoms with Crippen molar-refractivity contribution in [2.75, 3.05) is 11.9 Å². The smallest absolute Gasteiger partial charge is 0.335 e. The molecule has 5 heteroatoms. The van der Waals surface area contributed by atoms with E-state index in [9.17, 15) is 9.59 Å². The molecule has 0 unspecified atom stereocenters. The third-order valence-corrected chi connectivity index (χ3v) is 4.95. The maximum atomic E-state index is 13.0. The molecule has 0 aliphatic heterocycles. The molecule has 32 heavy (non-hydrogen) atoms. The van der Waals surface area contributed by atoms with E-state index in [1.807, 2.05) is 72.8 Å². The summed E-state index contributed by atoms with van der Waals surface area (Å²) in [5.41, 5.74) is 1.97. The standard InChI is InChI=1S/C27H21NO4/c29-26(28-23-9-2-1-3-10-23)22(17-19-13-15-21(16-14-19)27(30)31)18-32-25-12-6-8-20-7-4-5-11-24(20)25/h1-17H,18H2,(H,28,29)(H,30,31). The van der Waals surface area contributed by atoms with Gasteiger partial charge in [-0.2, -0.15) is 0 Å². The van der Waals surface area contributed by atoms with Gasteiger partial charge in [0.1, 0.15) is 12.4 Å². The molecule has 4 rings (SSSR count). The molecular formula is C27H21NO4. The van der Waals surface area contributed by atoms with Crippen LogP contribution in [0.25, 0.3) is 16.8 Å². The Morgan fingerprint density at radius 1 is 0.812 bits per heavy atom. The summed E-state index contributed by atoms with van der Waals surface area (Å²) in [5.74, 6) is -0.608. The number of carbonyl (C=O) groups is 2. The Morgan fingerprint density at radius 2 is 1.50 bits per heavy atom. The molecule has 5 nitrogen and oxygen atoms in total. The summed E-state index contributed by atoms with van der Waals surface area (Å²) in [4.78, 5) is 24.1. The van der Waals surface area contributed by atoms with Gasteiger partial charge in [-0.05, 0) is 47.4 Å². The highest BCUT2D eigenvalue weighted by Crippen LogP contribution is 2.26. The van der Waals surface area contributed by atoms with Crippen LogP contribution in [0.2, 0.25) is 0 Å². The number of benzene rings is 4. The van der Waals surface area contributed by atoms with Crippen molar-refractivity contribution in [3.8, 4) is 5.75 Å². The number of carboxylic acid groups (broad SMARTS) is 1. The Bertz CT molecular complexity index is 1270. The zero-order chi connectivity index (χ0) is 22.3. The highest BCUT2D eigenvalue weighted by Gasteiger charge is 2.13. The van der Waals surface area contributed by atoms with E-state index in [1.54, 1.807) is 18.2 Å². The van der Waals surface area contributed by atoms with Gasteiger partial charge in [-0.25, -0.2) is 4.79 Å². The Morgan fingerprint density at radius 3 is 2.25 bits per heavy atom. The van der Waals surface area contributed by atoms with Crippen LogP contribution >= 0.6 is 0 Å². The number of ether oxygens (including phenoxy) is 1. The Kier molecular flexibility index (Phi) is 6.28. The van der Waals surface area contributed by atoms with Crippen LogP contribution in [-0.4, -0.2) is 23.6 Å². The molecule has 1 amide bonds. The number of fused-ring (bicyclic) bond motifs is 1. The summed E-state index contributed by atoms with van der Waals surface area (Å²) in [7, 11) is 0. The predicted molar refractivity (Wildman–Crippen MR) is 126 cm³/mol. The first-order valence-electron chi connectivity index (χ1n) is 10.1. The molecule has 0 radical (unpaired) electrons. The fourth-order valence-electron chi connectivity index (χ4n) is 3.31. The number of rotatable bonds is 7. The summed E-state index contributed by atoms with van der Waals surface area (Å²) >= 11 is 0. The molecule has 0 fully saturated rings. The lowest BCUT2D eigenvalue weighted by Crippen LogP contribution is -2.19. The number of carbonyl (C=O) groups excluding carboxylic acids is 1. The average Bonchev–Trinajstić information content (AvgIpc) is 2.82. The van der Waals surface area contributed by atoms with E-state index < -0.39 is 5.97 Å². The number of hydrogen-bond acceptors (Lipinski definition) is 3. The second-order valence-corrected chi connectivity index (χ2v) is 7.18. The number of carboxylic acids is 1. The molecule has 0 aromatic heterocycles. The van der Waals surface area contributed by atoms with Crippen molar-refractivity contribution < 1.29 is 19.4 Å². The lowest BCUT2D eigenvalue weighted by atomic mass is 10.1. The largest absolute Gasteiger partial charge is 0.488 e. The van der Waals surface area contributed by atoms with E-state index >= 15 is 0 Å². The molecule has 0 spiro atoms. The van der Waals surface area contributed by atoms with Gasteiger partial charge >= 0.3 is 5.97 Å². The molecule has 0 saturated heterocycles. The second kappa shape index (κ2) is 9.62. The van der Waals surface area contributed by atoms with E-state index in [0.717, 1.165) is 10.8 Å². The monoisotopic (exact) mass is 423 g/mol. The number of para-hydroxylation sites is 1. The molecule has 2 N–H and O–H groups in total. The van der Waals surface area contributed by atoms with Crippen molar-refractivity contribution >= 4 is 34.4 Å². The van der Waals surface area contributed by atoms with Crippen LogP contribution < -0.4 is 10.1 Å². The summed E-state index contributed by atoms with van der Waals surface area (Å²) < 4.78 is 6.05. The van der Waals surface area contributed by atoms with Crippen LogP contribution in [0.5, 0.6) is 5.75 Å². The van der Waals surface area contributed by atoms with Crippen LogP contribution in [0.4, 0.5) is 5.69 Å². The number of nitrogens with one attached hydrogen (secondary N) is 1. The molecule has 0 aliphatic carbocycles. The topological polar surface area (TPSA) is 75.6 Å². The number of hydrogen-bond donors (Lipinski definition) is 2. The van der Waals surface area contributed by atoms with Crippen molar-refractivity contribution in [2.45, 2.75) is 0 Å². The van der Waals surface area contributed by atoms with Crippen LogP contribution in [0.1, 0.15) is 15.9 Å². The lowest BCUT2D eigenvalue weighted by Gasteiger charge is -2.13.